The lowest BCUT2D eigenvalue weighted by atomic mass is 9.79. The molecule has 1 fully saturated rings. The van der Waals surface area contributed by atoms with Crippen molar-refractivity contribution in [1.82, 2.24) is 5.32 Å². The summed E-state index contributed by atoms with van der Waals surface area (Å²) in [4.78, 5) is 21.1. The molecule has 1 atom stereocenters. The van der Waals surface area contributed by atoms with Crippen molar-refractivity contribution in [3.63, 3.8) is 0 Å². The number of carbonyl (C=O) groups excluding carboxylic acids is 1. The van der Waals surface area contributed by atoms with Gasteiger partial charge in [-0.1, -0.05) is 19.8 Å². The van der Waals surface area contributed by atoms with Crippen molar-refractivity contribution in [3.05, 3.63) is 0 Å². The fourth-order valence-corrected chi connectivity index (χ4v) is 2.10. The molecule has 1 aliphatic carbocycles. The molecule has 1 amide bonds. The molecule has 0 heterocycles. The predicted molar refractivity (Wildman–Crippen MR) is 51.7 cm³/mol. The average molecular weight is 199 g/mol. The summed E-state index contributed by atoms with van der Waals surface area (Å²) in [5.74, 6) is -0.123. The van der Waals surface area contributed by atoms with Gasteiger partial charge in [0, 0.05) is 0 Å². The largest absolute Gasteiger partial charge is 0.480 e. The van der Waals surface area contributed by atoms with Crippen LogP contribution < -0.4 is 5.32 Å². The Kier molecular flexibility index (Phi) is 3.92. The highest BCUT2D eigenvalue weighted by molar-refractivity contribution is 5.76. The number of hydrogen-bond donors (Lipinski definition) is 2. The second kappa shape index (κ2) is 4.98. The van der Waals surface area contributed by atoms with Crippen LogP contribution in [0.4, 0.5) is 0 Å². The molecule has 0 aliphatic heterocycles. The summed E-state index contributed by atoms with van der Waals surface area (Å²) in [6, 6.07) is -0.694. The zero-order chi connectivity index (χ0) is 10.6. The van der Waals surface area contributed by atoms with Crippen molar-refractivity contribution in [2.75, 3.05) is 0 Å². The van der Waals surface area contributed by atoms with E-state index < -0.39 is 12.0 Å². The van der Waals surface area contributed by atoms with Gasteiger partial charge in [-0.3, -0.25) is 4.79 Å². The zero-order valence-electron chi connectivity index (χ0n) is 8.40. The first-order valence-electron chi connectivity index (χ1n) is 5.07. The highest BCUT2D eigenvalue weighted by Crippen LogP contribution is 2.30. The van der Waals surface area contributed by atoms with E-state index in [-0.39, 0.29) is 5.92 Å². The Morgan fingerprint density at radius 1 is 1.43 bits per heavy atom. The van der Waals surface area contributed by atoms with Crippen LogP contribution in [0.15, 0.2) is 0 Å². The number of carbonyl (C=O) groups is 2. The monoisotopic (exact) mass is 199 g/mol. The van der Waals surface area contributed by atoms with Crippen molar-refractivity contribution in [1.29, 1.82) is 0 Å². The number of nitrogens with one attached hydrogen (secondary N) is 1. The van der Waals surface area contributed by atoms with E-state index in [0.29, 0.717) is 12.3 Å². The average Bonchev–Trinajstić information content (AvgIpc) is 2.15. The number of amides is 1. The molecule has 1 saturated carbocycles. The fraction of sp³-hybridized carbons (Fsp3) is 0.800. The van der Waals surface area contributed by atoms with Crippen LogP contribution in [0.25, 0.3) is 0 Å². The quantitative estimate of drug-likeness (QED) is 0.664. The van der Waals surface area contributed by atoms with Crippen molar-refractivity contribution >= 4 is 12.4 Å². The van der Waals surface area contributed by atoms with E-state index >= 15 is 0 Å². The maximum atomic E-state index is 10.8. The van der Waals surface area contributed by atoms with Crippen LogP contribution in [-0.2, 0) is 9.59 Å². The van der Waals surface area contributed by atoms with Gasteiger partial charge in [-0.05, 0) is 24.7 Å². The van der Waals surface area contributed by atoms with Gasteiger partial charge in [0.1, 0.15) is 6.04 Å². The Hall–Kier alpha value is -1.06. The van der Waals surface area contributed by atoms with Gasteiger partial charge in [0.05, 0.1) is 0 Å². The normalized spacial score (nSPS) is 29.2. The van der Waals surface area contributed by atoms with Crippen molar-refractivity contribution < 1.29 is 14.7 Å². The second-order valence-corrected chi connectivity index (χ2v) is 4.12. The number of carboxylic acid groups (broad SMARTS) is 1. The lowest BCUT2D eigenvalue weighted by molar-refractivity contribution is -0.142. The van der Waals surface area contributed by atoms with E-state index in [0.717, 1.165) is 25.7 Å². The third-order valence-corrected chi connectivity index (χ3v) is 3.05. The Balaban J connectivity index is 2.51. The molecule has 1 rings (SSSR count). The second-order valence-electron chi connectivity index (χ2n) is 4.12. The highest BCUT2D eigenvalue weighted by atomic mass is 16.4. The summed E-state index contributed by atoms with van der Waals surface area (Å²) in [6.45, 7) is 2.18. The first-order chi connectivity index (χ1) is 6.65. The molecule has 2 N–H and O–H groups in total. The third-order valence-electron chi connectivity index (χ3n) is 3.05. The molecular formula is C10H17NO3. The highest BCUT2D eigenvalue weighted by Gasteiger charge is 2.30. The molecule has 80 valence electrons. The van der Waals surface area contributed by atoms with Crippen LogP contribution in [-0.4, -0.2) is 23.5 Å². The summed E-state index contributed by atoms with van der Waals surface area (Å²) in [7, 11) is 0. The SMILES string of the molecule is CC1CCC(C(NC=O)C(=O)O)CC1. The van der Waals surface area contributed by atoms with Crippen LogP contribution in [0.5, 0.6) is 0 Å². The predicted octanol–water partition coefficient (Wildman–Crippen LogP) is 1.01. The van der Waals surface area contributed by atoms with E-state index in [1.54, 1.807) is 0 Å². The van der Waals surface area contributed by atoms with E-state index in [1.165, 1.54) is 0 Å². The zero-order valence-corrected chi connectivity index (χ0v) is 8.40. The summed E-state index contributed by atoms with van der Waals surface area (Å²) in [6.07, 6.45) is 4.42. The summed E-state index contributed by atoms with van der Waals surface area (Å²) in [5.41, 5.74) is 0. The molecule has 14 heavy (non-hydrogen) atoms. The van der Waals surface area contributed by atoms with E-state index in [4.69, 9.17) is 5.11 Å². The van der Waals surface area contributed by atoms with Crippen molar-refractivity contribution in [2.45, 2.75) is 38.6 Å². The molecule has 0 bridgehead atoms. The van der Waals surface area contributed by atoms with Crippen molar-refractivity contribution in [2.24, 2.45) is 11.8 Å². The van der Waals surface area contributed by atoms with Gasteiger partial charge in [0.15, 0.2) is 0 Å². The topological polar surface area (TPSA) is 66.4 Å². The third kappa shape index (κ3) is 2.72. The first kappa shape index (κ1) is 11.0. The fourth-order valence-electron chi connectivity index (χ4n) is 2.10. The lowest BCUT2D eigenvalue weighted by Crippen LogP contribution is -2.43. The van der Waals surface area contributed by atoms with Crippen LogP contribution in [0.1, 0.15) is 32.6 Å². The molecule has 0 aromatic carbocycles. The Labute approximate surface area is 83.7 Å². The number of hydrogen-bond acceptors (Lipinski definition) is 2. The van der Waals surface area contributed by atoms with Crippen LogP contribution in [0.3, 0.4) is 0 Å². The summed E-state index contributed by atoms with van der Waals surface area (Å²) < 4.78 is 0. The minimum atomic E-state index is -0.920. The minimum Gasteiger partial charge on any atom is -0.480 e. The molecule has 0 radical (unpaired) electrons. The first-order valence-corrected chi connectivity index (χ1v) is 5.07. The minimum absolute atomic E-state index is 0.105. The smallest absolute Gasteiger partial charge is 0.326 e. The number of rotatable bonds is 4. The Morgan fingerprint density at radius 3 is 2.43 bits per heavy atom. The van der Waals surface area contributed by atoms with Crippen LogP contribution in [0, 0.1) is 11.8 Å². The molecule has 0 aromatic heterocycles. The molecule has 4 nitrogen and oxygen atoms in total. The van der Waals surface area contributed by atoms with Gasteiger partial charge < -0.3 is 10.4 Å². The van der Waals surface area contributed by atoms with Gasteiger partial charge in [-0.2, -0.15) is 0 Å². The van der Waals surface area contributed by atoms with Gasteiger partial charge in [0.2, 0.25) is 6.41 Å². The Bertz CT molecular complexity index is 209. The maximum Gasteiger partial charge on any atom is 0.326 e. The van der Waals surface area contributed by atoms with Gasteiger partial charge in [0.25, 0.3) is 0 Å². The Morgan fingerprint density at radius 2 is 2.00 bits per heavy atom. The molecule has 1 unspecified atom stereocenters. The van der Waals surface area contributed by atoms with Gasteiger partial charge >= 0.3 is 5.97 Å². The molecule has 1 aliphatic rings. The van der Waals surface area contributed by atoms with E-state index in [9.17, 15) is 9.59 Å². The van der Waals surface area contributed by atoms with Crippen molar-refractivity contribution in [3.8, 4) is 0 Å². The van der Waals surface area contributed by atoms with Crippen LogP contribution in [0.2, 0.25) is 0 Å². The van der Waals surface area contributed by atoms with Gasteiger partial charge in [-0.25, -0.2) is 4.79 Å². The van der Waals surface area contributed by atoms with E-state index in [1.807, 2.05) is 0 Å². The molecule has 0 aromatic rings. The standard InChI is InChI=1S/C10H17NO3/c1-7-2-4-8(5-3-7)9(10(13)14)11-6-12/h6-9H,2-5H2,1H3,(H,11,12)(H,13,14). The number of carboxylic acids is 1. The molecule has 4 heteroatoms. The summed E-state index contributed by atoms with van der Waals surface area (Å²) in [5, 5.41) is 11.3. The summed E-state index contributed by atoms with van der Waals surface area (Å²) >= 11 is 0. The van der Waals surface area contributed by atoms with Gasteiger partial charge in [-0.15, -0.1) is 0 Å². The van der Waals surface area contributed by atoms with Crippen LogP contribution >= 0.6 is 0 Å². The molecular weight excluding hydrogens is 182 g/mol. The lowest BCUT2D eigenvalue weighted by Gasteiger charge is -2.29. The van der Waals surface area contributed by atoms with E-state index in [2.05, 4.69) is 12.2 Å². The molecule has 0 spiro atoms. The maximum absolute atomic E-state index is 10.8. The molecule has 0 saturated heterocycles. The number of aliphatic carboxylic acids is 1.